The molecule has 1 fully saturated rings. The second-order valence-electron chi connectivity index (χ2n) is 5.34. The van der Waals surface area contributed by atoms with E-state index in [1.807, 2.05) is 27.7 Å². The lowest BCUT2D eigenvalue weighted by Crippen LogP contribution is -2.41. The first-order valence-corrected chi connectivity index (χ1v) is 7.30. The van der Waals surface area contributed by atoms with Crippen molar-refractivity contribution in [3.63, 3.8) is 0 Å². The van der Waals surface area contributed by atoms with Crippen molar-refractivity contribution in [2.45, 2.75) is 44.1 Å². The van der Waals surface area contributed by atoms with Gasteiger partial charge in [-0.25, -0.2) is 9.97 Å². The molecule has 18 heavy (non-hydrogen) atoms. The Morgan fingerprint density at radius 2 is 1.56 bits per heavy atom. The minimum absolute atomic E-state index is 0.315. The van der Waals surface area contributed by atoms with Crippen LogP contribution in [0.5, 0.6) is 0 Å². The lowest BCUT2D eigenvalue weighted by molar-refractivity contribution is 0.00578. The van der Waals surface area contributed by atoms with E-state index in [9.17, 15) is 4.21 Å². The molecule has 1 atom stereocenters. The van der Waals surface area contributed by atoms with Crippen LogP contribution in [0, 0.1) is 0 Å². The Morgan fingerprint density at radius 3 is 1.94 bits per heavy atom. The van der Waals surface area contributed by atoms with Gasteiger partial charge >= 0.3 is 7.12 Å². The maximum atomic E-state index is 11.2. The molecule has 7 heteroatoms. The molecule has 0 saturated carbocycles. The van der Waals surface area contributed by atoms with Crippen molar-refractivity contribution in [1.82, 2.24) is 9.97 Å². The summed E-state index contributed by atoms with van der Waals surface area (Å²) in [4.78, 5) is 8.09. The lowest BCUT2D eigenvalue weighted by atomic mass is 9.81. The molecule has 98 valence electrons. The molecule has 1 unspecified atom stereocenters. The van der Waals surface area contributed by atoms with Crippen molar-refractivity contribution in [3.8, 4) is 0 Å². The molecule has 1 aromatic heterocycles. The quantitative estimate of drug-likeness (QED) is 0.578. The average Bonchev–Trinajstić information content (AvgIpc) is 2.48. The van der Waals surface area contributed by atoms with Gasteiger partial charge in [-0.15, -0.1) is 0 Å². The van der Waals surface area contributed by atoms with E-state index in [1.54, 1.807) is 18.6 Å². The van der Waals surface area contributed by atoms with Gasteiger partial charge in [0.05, 0.1) is 22.0 Å². The molecule has 0 aromatic carbocycles. The highest BCUT2D eigenvalue weighted by molar-refractivity contribution is 7.84. The molecule has 0 radical (unpaired) electrons. The fourth-order valence-electron chi connectivity index (χ4n) is 1.58. The van der Waals surface area contributed by atoms with Crippen molar-refractivity contribution in [1.29, 1.82) is 0 Å². The second kappa shape index (κ2) is 4.40. The predicted octanol–water partition coefficient (Wildman–Crippen LogP) is 0.513. The van der Waals surface area contributed by atoms with Crippen molar-refractivity contribution < 1.29 is 13.5 Å². The Bertz CT molecular complexity index is 460. The van der Waals surface area contributed by atoms with Crippen molar-refractivity contribution in [3.05, 3.63) is 12.4 Å². The van der Waals surface area contributed by atoms with E-state index >= 15 is 0 Å². The minimum atomic E-state index is -1.17. The number of nitrogens with zero attached hydrogens (tertiary/aromatic N) is 2. The van der Waals surface area contributed by atoms with Gasteiger partial charge < -0.3 is 9.31 Å². The van der Waals surface area contributed by atoms with Crippen LogP contribution in [0.25, 0.3) is 0 Å². The number of hydrogen-bond donors (Lipinski definition) is 0. The third-order valence-electron chi connectivity index (χ3n) is 3.43. The standard InChI is InChI=1S/C11H17BN2O3S/c1-10(2)11(3,4)17-12(16-10)8-6-13-9(14-7-8)18(5)15/h6-7H,1-5H3. The van der Waals surface area contributed by atoms with Crippen LogP contribution in [-0.4, -0.2) is 38.8 Å². The van der Waals surface area contributed by atoms with Crippen molar-refractivity contribution >= 4 is 23.4 Å². The van der Waals surface area contributed by atoms with E-state index in [1.165, 1.54) is 0 Å². The molecule has 0 bridgehead atoms. The Labute approximate surface area is 110 Å². The molecule has 2 rings (SSSR count). The first-order valence-electron chi connectivity index (χ1n) is 5.74. The number of rotatable bonds is 2. The normalized spacial score (nSPS) is 23.1. The molecule has 1 saturated heterocycles. The van der Waals surface area contributed by atoms with E-state index in [-0.39, 0.29) is 11.2 Å². The zero-order valence-electron chi connectivity index (χ0n) is 11.3. The third-order valence-corrected chi connectivity index (χ3v) is 4.16. The Hall–Kier alpha value is -0.785. The summed E-state index contributed by atoms with van der Waals surface area (Å²) < 4.78 is 23.0. The SMILES string of the molecule is CS(=O)c1ncc(B2OC(C)(C)C(C)(C)O2)cn1. The first-order chi connectivity index (χ1) is 8.23. The molecule has 0 amide bonds. The highest BCUT2D eigenvalue weighted by atomic mass is 32.2. The molecule has 0 N–H and O–H groups in total. The molecule has 5 nitrogen and oxygen atoms in total. The van der Waals surface area contributed by atoms with E-state index in [2.05, 4.69) is 9.97 Å². The largest absolute Gasteiger partial charge is 0.498 e. The van der Waals surface area contributed by atoms with Gasteiger partial charge in [0.15, 0.2) is 0 Å². The maximum absolute atomic E-state index is 11.2. The van der Waals surface area contributed by atoms with Crippen LogP contribution in [0.1, 0.15) is 27.7 Å². The molecule has 1 aliphatic heterocycles. The maximum Gasteiger partial charge on any atom is 0.498 e. The van der Waals surface area contributed by atoms with Gasteiger partial charge in [0.1, 0.15) is 0 Å². The zero-order valence-corrected chi connectivity index (χ0v) is 12.1. The first kappa shape index (κ1) is 13.6. The summed E-state index contributed by atoms with van der Waals surface area (Å²) in [5, 5.41) is 0.315. The minimum Gasteiger partial charge on any atom is -0.399 e. The van der Waals surface area contributed by atoms with Gasteiger partial charge in [0.25, 0.3) is 0 Å². The summed E-state index contributed by atoms with van der Waals surface area (Å²) in [5.41, 5.74) is -0.0313. The monoisotopic (exact) mass is 268 g/mol. The molecular formula is C11H17BN2O3S. The molecule has 2 heterocycles. The molecule has 1 aliphatic rings. The van der Waals surface area contributed by atoms with Crippen LogP contribution < -0.4 is 5.46 Å². The molecule has 1 aromatic rings. The number of hydrogen-bond acceptors (Lipinski definition) is 5. The van der Waals surface area contributed by atoms with Gasteiger partial charge in [-0.2, -0.15) is 0 Å². The van der Waals surface area contributed by atoms with E-state index in [4.69, 9.17) is 9.31 Å². The Morgan fingerprint density at radius 1 is 1.11 bits per heavy atom. The molecular weight excluding hydrogens is 251 g/mol. The number of aromatic nitrogens is 2. The Balaban J connectivity index is 2.22. The van der Waals surface area contributed by atoms with Crippen LogP contribution in [-0.2, 0) is 20.1 Å². The van der Waals surface area contributed by atoms with Crippen LogP contribution in [0.2, 0.25) is 0 Å². The van der Waals surface area contributed by atoms with Gasteiger partial charge in [0.2, 0.25) is 5.16 Å². The highest BCUT2D eigenvalue weighted by Crippen LogP contribution is 2.36. The van der Waals surface area contributed by atoms with Crippen molar-refractivity contribution in [2.75, 3.05) is 6.26 Å². The van der Waals surface area contributed by atoms with Crippen LogP contribution >= 0.6 is 0 Å². The van der Waals surface area contributed by atoms with Gasteiger partial charge in [-0.3, -0.25) is 4.21 Å². The van der Waals surface area contributed by atoms with Gasteiger partial charge in [-0.05, 0) is 27.7 Å². The second-order valence-corrected chi connectivity index (χ2v) is 6.61. The fourth-order valence-corrected chi connectivity index (χ4v) is 1.98. The summed E-state index contributed by atoms with van der Waals surface area (Å²) in [7, 11) is -1.65. The van der Waals surface area contributed by atoms with Crippen LogP contribution in [0.4, 0.5) is 0 Å². The topological polar surface area (TPSA) is 61.3 Å². The molecule has 0 spiro atoms. The van der Waals surface area contributed by atoms with Gasteiger partial charge in [-0.1, -0.05) is 0 Å². The van der Waals surface area contributed by atoms with Crippen molar-refractivity contribution in [2.24, 2.45) is 0 Å². The summed E-state index contributed by atoms with van der Waals surface area (Å²) in [5.74, 6) is 0. The van der Waals surface area contributed by atoms with E-state index in [0.717, 1.165) is 5.46 Å². The van der Waals surface area contributed by atoms with Crippen LogP contribution in [0.15, 0.2) is 17.6 Å². The smallest absolute Gasteiger partial charge is 0.399 e. The van der Waals surface area contributed by atoms with Crippen LogP contribution in [0.3, 0.4) is 0 Å². The summed E-state index contributed by atoms with van der Waals surface area (Å²) in [6, 6.07) is 0. The van der Waals surface area contributed by atoms with E-state index < -0.39 is 17.9 Å². The average molecular weight is 268 g/mol. The third kappa shape index (κ3) is 2.34. The Kier molecular flexibility index (Phi) is 3.33. The summed E-state index contributed by atoms with van der Waals surface area (Å²) >= 11 is 0. The van der Waals surface area contributed by atoms with E-state index in [0.29, 0.717) is 5.16 Å². The van der Waals surface area contributed by atoms with Gasteiger partial charge in [0, 0.05) is 24.1 Å². The molecule has 0 aliphatic carbocycles. The summed E-state index contributed by atoms with van der Waals surface area (Å²) in [6.45, 7) is 7.96. The zero-order chi connectivity index (χ0) is 13.6. The summed E-state index contributed by atoms with van der Waals surface area (Å²) in [6.07, 6.45) is 4.75. The fraction of sp³-hybridized carbons (Fsp3) is 0.636. The highest BCUT2D eigenvalue weighted by Gasteiger charge is 2.51. The predicted molar refractivity (Wildman–Crippen MR) is 70.1 cm³/mol. The lowest BCUT2D eigenvalue weighted by Gasteiger charge is -2.32.